The Morgan fingerprint density at radius 1 is 1.15 bits per heavy atom. The first-order valence-corrected chi connectivity index (χ1v) is 9.77. The van der Waals surface area contributed by atoms with Gasteiger partial charge in [0.05, 0.1) is 19.3 Å². The van der Waals surface area contributed by atoms with Crippen LogP contribution in [0.4, 0.5) is 4.39 Å². The van der Waals surface area contributed by atoms with Crippen molar-refractivity contribution in [2.75, 3.05) is 39.4 Å². The van der Waals surface area contributed by atoms with Crippen LogP contribution in [-0.2, 0) is 9.53 Å². The number of hydrogen-bond acceptors (Lipinski definition) is 4. The molecule has 27 heavy (non-hydrogen) atoms. The van der Waals surface area contributed by atoms with Gasteiger partial charge in [-0.1, -0.05) is 0 Å². The van der Waals surface area contributed by atoms with Crippen molar-refractivity contribution in [3.8, 4) is 0 Å². The summed E-state index contributed by atoms with van der Waals surface area (Å²) < 4.78 is 18.7. The number of nitrogens with one attached hydrogen (secondary N) is 1. The van der Waals surface area contributed by atoms with E-state index in [4.69, 9.17) is 4.74 Å². The fourth-order valence-corrected chi connectivity index (χ4v) is 4.13. The van der Waals surface area contributed by atoms with Crippen LogP contribution in [0.15, 0.2) is 24.3 Å². The Balaban J connectivity index is 1.23. The van der Waals surface area contributed by atoms with Crippen molar-refractivity contribution in [1.82, 2.24) is 15.1 Å². The van der Waals surface area contributed by atoms with Gasteiger partial charge < -0.3 is 15.0 Å². The highest BCUT2D eigenvalue weighted by molar-refractivity contribution is 5.94. The summed E-state index contributed by atoms with van der Waals surface area (Å²) in [5.41, 5.74) is 0.392. The summed E-state index contributed by atoms with van der Waals surface area (Å²) in [4.78, 5) is 29.0. The number of carbonyl (C=O) groups excluding carboxylic acids is 2. The van der Waals surface area contributed by atoms with Crippen LogP contribution in [0.2, 0.25) is 0 Å². The molecule has 1 N–H and O–H groups in total. The zero-order chi connectivity index (χ0) is 18.8. The summed E-state index contributed by atoms with van der Waals surface area (Å²) >= 11 is 0. The number of piperazine rings is 1. The molecular weight excluding hydrogens is 349 g/mol. The van der Waals surface area contributed by atoms with Gasteiger partial charge in [0.2, 0.25) is 5.91 Å². The Bertz CT molecular complexity index is 692. The van der Waals surface area contributed by atoms with Crippen LogP contribution < -0.4 is 5.32 Å². The van der Waals surface area contributed by atoms with Gasteiger partial charge in [-0.3, -0.25) is 14.5 Å². The molecule has 1 aliphatic carbocycles. The van der Waals surface area contributed by atoms with Crippen LogP contribution in [0.1, 0.15) is 29.6 Å². The van der Waals surface area contributed by atoms with Crippen molar-refractivity contribution in [2.45, 2.75) is 31.3 Å². The minimum Gasteiger partial charge on any atom is -0.378 e. The van der Waals surface area contributed by atoms with Gasteiger partial charge >= 0.3 is 0 Å². The Hall–Kier alpha value is -1.99. The fourth-order valence-electron chi connectivity index (χ4n) is 4.13. The first-order chi connectivity index (χ1) is 13.1. The van der Waals surface area contributed by atoms with E-state index in [-0.39, 0.29) is 36.6 Å². The van der Waals surface area contributed by atoms with Gasteiger partial charge in [0.25, 0.3) is 5.91 Å². The average molecular weight is 375 g/mol. The second-order valence-corrected chi connectivity index (χ2v) is 7.69. The summed E-state index contributed by atoms with van der Waals surface area (Å²) in [5.74, 6) is 0.163. The predicted octanol–water partition coefficient (Wildman–Crippen LogP) is 1.27. The number of nitrogens with zero attached hydrogens (tertiary/aromatic N) is 2. The summed E-state index contributed by atoms with van der Waals surface area (Å²) in [5, 5.41) is 2.73. The normalized spacial score (nSPS) is 25.7. The molecule has 3 aliphatic rings. The second-order valence-electron chi connectivity index (χ2n) is 7.69. The van der Waals surface area contributed by atoms with Crippen molar-refractivity contribution < 1.29 is 18.7 Å². The number of halogens is 1. The predicted molar refractivity (Wildman–Crippen MR) is 97.8 cm³/mol. The summed E-state index contributed by atoms with van der Waals surface area (Å²) in [7, 11) is 0. The van der Waals surface area contributed by atoms with Gasteiger partial charge in [-0.05, 0) is 43.0 Å². The third-order valence-corrected chi connectivity index (χ3v) is 5.80. The van der Waals surface area contributed by atoms with Gasteiger partial charge in [0.15, 0.2) is 0 Å². The molecule has 0 radical (unpaired) electrons. The molecule has 0 aromatic heterocycles. The molecule has 4 rings (SSSR count). The number of hydrogen-bond donors (Lipinski definition) is 1. The fraction of sp³-hybridized carbons (Fsp3) is 0.600. The molecule has 3 fully saturated rings. The molecule has 2 atom stereocenters. The Morgan fingerprint density at radius 3 is 2.67 bits per heavy atom. The molecule has 1 aromatic rings. The van der Waals surface area contributed by atoms with Gasteiger partial charge in [-0.15, -0.1) is 0 Å². The summed E-state index contributed by atoms with van der Waals surface area (Å²) in [6.45, 7) is 4.14. The topological polar surface area (TPSA) is 61.9 Å². The molecule has 0 spiro atoms. The van der Waals surface area contributed by atoms with E-state index in [1.165, 1.54) is 37.1 Å². The van der Waals surface area contributed by atoms with Crippen molar-refractivity contribution >= 4 is 11.8 Å². The number of carbonyl (C=O) groups is 2. The number of benzene rings is 1. The van der Waals surface area contributed by atoms with E-state index in [9.17, 15) is 14.0 Å². The monoisotopic (exact) mass is 375 g/mol. The van der Waals surface area contributed by atoms with Crippen molar-refractivity contribution in [1.29, 1.82) is 0 Å². The molecule has 2 heterocycles. The first-order valence-electron chi connectivity index (χ1n) is 9.77. The van der Waals surface area contributed by atoms with Crippen LogP contribution in [0.5, 0.6) is 0 Å². The minimum absolute atomic E-state index is 0.0580. The van der Waals surface area contributed by atoms with Crippen LogP contribution in [0, 0.1) is 11.7 Å². The number of ether oxygens (including phenoxy) is 1. The van der Waals surface area contributed by atoms with Gasteiger partial charge in [0, 0.05) is 44.2 Å². The highest BCUT2D eigenvalue weighted by atomic mass is 19.1. The largest absolute Gasteiger partial charge is 0.378 e. The molecule has 0 unspecified atom stereocenters. The van der Waals surface area contributed by atoms with Crippen LogP contribution >= 0.6 is 0 Å². The van der Waals surface area contributed by atoms with E-state index < -0.39 is 0 Å². The van der Waals surface area contributed by atoms with Gasteiger partial charge in [-0.25, -0.2) is 4.39 Å². The van der Waals surface area contributed by atoms with E-state index in [2.05, 4.69) is 10.2 Å². The van der Waals surface area contributed by atoms with Crippen molar-refractivity contribution in [3.63, 3.8) is 0 Å². The number of rotatable bonds is 5. The molecule has 1 saturated carbocycles. The number of amides is 2. The maximum absolute atomic E-state index is 12.9. The first kappa shape index (κ1) is 18.4. The average Bonchev–Trinajstić information content (AvgIpc) is 3.52. The third-order valence-electron chi connectivity index (χ3n) is 5.80. The smallest absolute Gasteiger partial charge is 0.251 e. The second kappa shape index (κ2) is 7.94. The lowest BCUT2D eigenvalue weighted by Crippen LogP contribution is -2.63. The Morgan fingerprint density at radius 2 is 1.93 bits per heavy atom. The molecule has 1 aromatic carbocycles. The number of fused-ring (bicyclic) bond motifs is 1. The molecule has 2 amide bonds. The lowest BCUT2D eigenvalue weighted by Gasteiger charge is -2.48. The minimum atomic E-state index is -0.378. The maximum Gasteiger partial charge on any atom is 0.251 e. The molecular formula is C20H26FN3O3. The summed E-state index contributed by atoms with van der Waals surface area (Å²) in [6.07, 6.45) is 2.87. The highest BCUT2D eigenvalue weighted by Gasteiger charge is 2.43. The van der Waals surface area contributed by atoms with E-state index in [0.29, 0.717) is 24.8 Å². The Labute approximate surface area is 158 Å². The van der Waals surface area contributed by atoms with Crippen molar-refractivity contribution in [2.24, 2.45) is 5.92 Å². The maximum atomic E-state index is 12.9. The quantitative estimate of drug-likeness (QED) is 0.842. The highest BCUT2D eigenvalue weighted by Crippen LogP contribution is 2.38. The molecule has 0 bridgehead atoms. The van der Waals surface area contributed by atoms with Crippen LogP contribution in [0.3, 0.4) is 0 Å². The summed E-state index contributed by atoms with van der Waals surface area (Å²) in [6, 6.07) is 6.18. The van der Waals surface area contributed by atoms with E-state index in [1.54, 1.807) is 0 Å². The molecule has 2 saturated heterocycles. The molecule has 146 valence electrons. The van der Waals surface area contributed by atoms with E-state index >= 15 is 0 Å². The van der Waals surface area contributed by atoms with Gasteiger partial charge in [-0.2, -0.15) is 0 Å². The van der Waals surface area contributed by atoms with Gasteiger partial charge in [0.1, 0.15) is 5.82 Å². The molecule has 2 aliphatic heterocycles. The zero-order valence-electron chi connectivity index (χ0n) is 15.4. The SMILES string of the molecule is O=C(NCCC(=O)N1CCN2[C@@H](COC[C@@H]2C2CC2)C1)c1ccc(F)cc1. The lowest BCUT2D eigenvalue weighted by atomic mass is 10.0. The standard InChI is InChI=1S/C20H26FN3O3/c21-16-5-3-15(4-6-16)20(26)22-8-7-19(25)23-9-10-24-17(11-23)12-27-13-18(24)14-1-2-14/h3-6,14,17-18H,1-2,7-13H2,(H,22,26)/t17-,18-/m1/s1. The lowest BCUT2D eigenvalue weighted by molar-refractivity contribution is -0.140. The van der Waals surface area contributed by atoms with E-state index in [1.807, 2.05) is 4.90 Å². The molecule has 7 heteroatoms. The Kier molecular flexibility index (Phi) is 5.41. The van der Waals surface area contributed by atoms with Crippen molar-refractivity contribution in [3.05, 3.63) is 35.6 Å². The zero-order valence-corrected chi connectivity index (χ0v) is 15.4. The van der Waals surface area contributed by atoms with Crippen LogP contribution in [-0.4, -0.2) is 73.1 Å². The van der Waals surface area contributed by atoms with E-state index in [0.717, 1.165) is 25.6 Å². The van der Waals surface area contributed by atoms with Crippen LogP contribution in [0.25, 0.3) is 0 Å². The molecule has 6 nitrogen and oxygen atoms in total. The number of morpholine rings is 1. The third kappa shape index (κ3) is 4.30.